The molecule has 4 rings (SSSR count). The third-order valence-corrected chi connectivity index (χ3v) is 5.96. The average Bonchev–Trinajstić information content (AvgIpc) is 3.34. The Bertz CT molecular complexity index is 1100. The summed E-state index contributed by atoms with van der Waals surface area (Å²) >= 11 is 0. The van der Waals surface area contributed by atoms with Crippen LogP contribution in [-0.2, 0) is 10.2 Å². The van der Waals surface area contributed by atoms with Crippen molar-refractivity contribution in [2.24, 2.45) is 0 Å². The first-order valence-electron chi connectivity index (χ1n) is 10.9. The van der Waals surface area contributed by atoms with Crippen LogP contribution in [0.25, 0.3) is 5.69 Å². The molecule has 1 saturated heterocycles. The van der Waals surface area contributed by atoms with Crippen LogP contribution in [0.4, 0.5) is 5.69 Å². The molecule has 1 aliphatic rings. The van der Waals surface area contributed by atoms with E-state index >= 15 is 0 Å². The molecule has 3 aromatic rings. The Hall–Kier alpha value is -3.72. The first-order chi connectivity index (χ1) is 16.0. The Morgan fingerprint density at radius 3 is 2.48 bits per heavy atom. The molecule has 0 unspecified atom stereocenters. The number of benzene rings is 2. The predicted octanol–water partition coefficient (Wildman–Crippen LogP) is 3.66. The second-order valence-corrected chi connectivity index (χ2v) is 7.95. The number of carbonyl (C=O) groups is 1. The highest BCUT2D eigenvalue weighted by molar-refractivity contribution is 5.92. The number of nitro benzene ring substituents is 1. The molecule has 172 valence electrons. The summed E-state index contributed by atoms with van der Waals surface area (Å²) in [7, 11) is 0. The SMILES string of the molecule is CCOc1ccc(C2(CNC(=O)c3ccn(-c4ccc([N+](=O)[O-])cc4)n3)CCOCC2)cc1. The van der Waals surface area contributed by atoms with E-state index in [0.29, 0.717) is 32.1 Å². The molecular weight excluding hydrogens is 424 g/mol. The van der Waals surface area contributed by atoms with Gasteiger partial charge in [0.05, 0.1) is 17.2 Å². The lowest BCUT2D eigenvalue weighted by Crippen LogP contribution is -2.44. The maximum atomic E-state index is 12.9. The zero-order valence-electron chi connectivity index (χ0n) is 18.4. The van der Waals surface area contributed by atoms with Crippen molar-refractivity contribution >= 4 is 11.6 Å². The van der Waals surface area contributed by atoms with Crippen LogP contribution in [0.1, 0.15) is 35.8 Å². The Morgan fingerprint density at radius 1 is 1.15 bits per heavy atom. The van der Waals surface area contributed by atoms with E-state index in [1.54, 1.807) is 24.4 Å². The van der Waals surface area contributed by atoms with Crippen molar-refractivity contribution in [3.8, 4) is 11.4 Å². The molecule has 1 amide bonds. The molecule has 9 heteroatoms. The van der Waals surface area contributed by atoms with Gasteiger partial charge in [0, 0.05) is 43.5 Å². The average molecular weight is 450 g/mol. The molecule has 0 bridgehead atoms. The molecule has 2 aromatic carbocycles. The van der Waals surface area contributed by atoms with Crippen molar-refractivity contribution in [1.29, 1.82) is 0 Å². The van der Waals surface area contributed by atoms with E-state index in [9.17, 15) is 14.9 Å². The lowest BCUT2D eigenvalue weighted by Gasteiger charge is -2.38. The van der Waals surface area contributed by atoms with Gasteiger partial charge in [-0.3, -0.25) is 14.9 Å². The second-order valence-electron chi connectivity index (χ2n) is 7.95. The van der Waals surface area contributed by atoms with Crippen LogP contribution in [0.2, 0.25) is 0 Å². The quantitative estimate of drug-likeness (QED) is 0.414. The van der Waals surface area contributed by atoms with E-state index in [4.69, 9.17) is 9.47 Å². The predicted molar refractivity (Wildman–Crippen MR) is 122 cm³/mol. The van der Waals surface area contributed by atoms with Crippen molar-refractivity contribution in [2.75, 3.05) is 26.4 Å². The maximum Gasteiger partial charge on any atom is 0.271 e. The van der Waals surface area contributed by atoms with Gasteiger partial charge < -0.3 is 14.8 Å². The Morgan fingerprint density at radius 2 is 1.85 bits per heavy atom. The lowest BCUT2D eigenvalue weighted by molar-refractivity contribution is -0.384. The van der Waals surface area contributed by atoms with Gasteiger partial charge in [-0.1, -0.05) is 12.1 Å². The van der Waals surface area contributed by atoms with E-state index in [2.05, 4.69) is 22.5 Å². The largest absolute Gasteiger partial charge is 0.494 e. The zero-order valence-corrected chi connectivity index (χ0v) is 18.4. The molecule has 0 saturated carbocycles. The number of rotatable bonds is 8. The molecular formula is C24H26N4O5. The van der Waals surface area contributed by atoms with E-state index in [-0.39, 0.29) is 22.7 Å². The number of hydrogen-bond acceptors (Lipinski definition) is 6. The van der Waals surface area contributed by atoms with E-state index < -0.39 is 4.92 Å². The molecule has 0 radical (unpaired) electrons. The number of nitrogens with one attached hydrogen (secondary N) is 1. The van der Waals surface area contributed by atoms with Crippen LogP contribution >= 0.6 is 0 Å². The summed E-state index contributed by atoms with van der Waals surface area (Å²) in [6, 6.07) is 15.7. The first-order valence-corrected chi connectivity index (χ1v) is 10.9. The molecule has 33 heavy (non-hydrogen) atoms. The van der Waals surface area contributed by atoms with Gasteiger partial charge in [-0.05, 0) is 55.7 Å². The fraction of sp³-hybridized carbons (Fsp3) is 0.333. The Kier molecular flexibility index (Phi) is 6.69. The van der Waals surface area contributed by atoms with E-state index in [1.807, 2.05) is 19.1 Å². The molecule has 1 N–H and O–H groups in total. The molecule has 9 nitrogen and oxygen atoms in total. The molecule has 1 aliphatic heterocycles. The summed E-state index contributed by atoms with van der Waals surface area (Å²) in [6.07, 6.45) is 3.27. The highest BCUT2D eigenvalue weighted by Crippen LogP contribution is 2.35. The first kappa shape index (κ1) is 22.5. The van der Waals surface area contributed by atoms with Crippen LogP contribution < -0.4 is 10.1 Å². The van der Waals surface area contributed by atoms with Crippen LogP contribution in [0.3, 0.4) is 0 Å². The Balaban J connectivity index is 1.46. The van der Waals surface area contributed by atoms with E-state index in [1.165, 1.54) is 16.8 Å². The number of aromatic nitrogens is 2. The van der Waals surface area contributed by atoms with Crippen molar-refractivity contribution in [3.05, 3.63) is 82.2 Å². The summed E-state index contributed by atoms with van der Waals surface area (Å²) in [5.41, 5.74) is 1.84. The number of amides is 1. The molecule has 1 aromatic heterocycles. The second kappa shape index (κ2) is 9.83. The normalized spacial score (nSPS) is 15.1. The monoisotopic (exact) mass is 450 g/mol. The number of non-ortho nitro benzene ring substituents is 1. The highest BCUT2D eigenvalue weighted by atomic mass is 16.6. The summed E-state index contributed by atoms with van der Waals surface area (Å²) in [6.45, 7) is 4.30. The van der Waals surface area contributed by atoms with Crippen LogP contribution in [0.15, 0.2) is 60.8 Å². The molecule has 2 heterocycles. The lowest BCUT2D eigenvalue weighted by atomic mass is 9.74. The number of carbonyl (C=O) groups excluding carboxylic acids is 1. The molecule has 0 atom stereocenters. The third-order valence-electron chi connectivity index (χ3n) is 5.96. The van der Waals surface area contributed by atoms with Gasteiger partial charge in [-0.2, -0.15) is 5.10 Å². The van der Waals surface area contributed by atoms with Gasteiger partial charge in [0.25, 0.3) is 11.6 Å². The number of hydrogen-bond donors (Lipinski definition) is 1. The van der Waals surface area contributed by atoms with Crippen molar-refractivity contribution < 1.29 is 19.2 Å². The minimum absolute atomic E-state index is 0.0000727. The van der Waals surface area contributed by atoms with Crippen molar-refractivity contribution in [3.63, 3.8) is 0 Å². The minimum Gasteiger partial charge on any atom is -0.494 e. The summed E-state index contributed by atoms with van der Waals surface area (Å²) in [5.74, 6) is 0.553. The van der Waals surface area contributed by atoms with Gasteiger partial charge in [0.1, 0.15) is 5.75 Å². The number of ether oxygens (including phenoxy) is 2. The smallest absolute Gasteiger partial charge is 0.271 e. The van der Waals surface area contributed by atoms with E-state index in [0.717, 1.165) is 24.2 Å². The minimum atomic E-state index is -0.456. The van der Waals surface area contributed by atoms with Gasteiger partial charge in [0.2, 0.25) is 0 Å². The number of nitrogens with zero attached hydrogens (tertiary/aromatic N) is 3. The molecule has 0 aliphatic carbocycles. The van der Waals surface area contributed by atoms with Gasteiger partial charge in [-0.25, -0.2) is 4.68 Å². The fourth-order valence-electron chi connectivity index (χ4n) is 4.06. The topological polar surface area (TPSA) is 109 Å². The van der Waals surface area contributed by atoms with Crippen molar-refractivity contribution in [1.82, 2.24) is 15.1 Å². The van der Waals surface area contributed by atoms with Crippen LogP contribution in [-0.4, -0.2) is 47.0 Å². The van der Waals surface area contributed by atoms with Crippen LogP contribution in [0, 0.1) is 10.1 Å². The maximum absolute atomic E-state index is 12.9. The summed E-state index contributed by atoms with van der Waals surface area (Å²) in [4.78, 5) is 23.2. The van der Waals surface area contributed by atoms with Crippen LogP contribution in [0.5, 0.6) is 5.75 Å². The third kappa shape index (κ3) is 5.04. The van der Waals surface area contributed by atoms with Crippen molar-refractivity contribution in [2.45, 2.75) is 25.2 Å². The summed E-state index contributed by atoms with van der Waals surface area (Å²) in [5, 5.41) is 18.2. The zero-order chi connectivity index (χ0) is 23.3. The standard InChI is InChI=1S/C24H26N4O5/c1-2-33-21-9-3-18(4-10-21)24(12-15-32-16-13-24)17-25-23(29)22-11-14-27(26-22)19-5-7-20(8-6-19)28(30)31/h3-11,14H,2,12-13,15-17H2,1H3,(H,25,29). The molecule has 1 fully saturated rings. The van der Waals surface area contributed by atoms with Gasteiger partial charge >= 0.3 is 0 Å². The van der Waals surface area contributed by atoms with Gasteiger partial charge in [-0.15, -0.1) is 0 Å². The highest BCUT2D eigenvalue weighted by Gasteiger charge is 2.35. The summed E-state index contributed by atoms with van der Waals surface area (Å²) < 4.78 is 12.7. The fourth-order valence-corrected chi connectivity index (χ4v) is 4.06. The molecule has 0 spiro atoms. The Labute approximate surface area is 191 Å². The van der Waals surface area contributed by atoms with Gasteiger partial charge in [0.15, 0.2) is 5.69 Å². The number of nitro groups is 1.